The van der Waals surface area contributed by atoms with E-state index >= 15 is 0 Å². The summed E-state index contributed by atoms with van der Waals surface area (Å²) < 4.78 is 5.55. The number of rotatable bonds is 1. The Morgan fingerprint density at radius 3 is 2.32 bits per heavy atom. The van der Waals surface area contributed by atoms with Crippen molar-refractivity contribution in [2.24, 2.45) is 0 Å². The fourth-order valence-corrected chi connectivity index (χ4v) is 2.01. The van der Waals surface area contributed by atoms with E-state index < -0.39 is 5.79 Å². The maximum absolute atomic E-state index is 10.5. The van der Waals surface area contributed by atoms with Crippen LogP contribution in [-0.4, -0.2) is 15.3 Å². The third-order valence-corrected chi connectivity index (χ3v) is 3.03. The maximum atomic E-state index is 10.5. The second kappa shape index (κ2) is 4.03. The molecule has 0 aromatic heterocycles. The molecule has 1 heterocycles. The molecule has 0 amide bonds. The van der Waals surface area contributed by atoms with Crippen LogP contribution in [0.25, 0.3) is 6.08 Å². The first-order valence-corrected chi connectivity index (χ1v) is 5.80. The highest BCUT2D eigenvalue weighted by Gasteiger charge is 2.32. The summed E-state index contributed by atoms with van der Waals surface area (Å²) in [6, 6.07) is 10.8. The van der Waals surface area contributed by atoms with Crippen molar-refractivity contribution in [2.75, 3.05) is 0 Å². The summed E-state index contributed by atoms with van der Waals surface area (Å²) in [5.74, 6) is -1.01. The number of phenolic OH excluding ortho intramolecular Hbond substituents is 2. The van der Waals surface area contributed by atoms with Crippen molar-refractivity contribution in [3.63, 3.8) is 0 Å². The number of hydrogen-bond acceptors (Lipinski definition) is 4. The van der Waals surface area contributed by atoms with Crippen LogP contribution in [-0.2, 0) is 5.79 Å². The van der Waals surface area contributed by atoms with Crippen molar-refractivity contribution in [2.45, 2.75) is 5.79 Å². The van der Waals surface area contributed by atoms with E-state index in [1.807, 2.05) is 0 Å². The number of phenols is 2. The molecule has 4 nitrogen and oxygen atoms in total. The molecular formula is C15H12O4. The zero-order valence-electron chi connectivity index (χ0n) is 9.95. The quantitative estimate of drug-likeness (QED) is 0.732. The highest BCUT2D eigenvalue weighted by atomic mass is 16.6. The number of benzene rings is 2. The van der Waals surface area contributed by atoms with Gasteiger partial charge in [-0.2, -0.15) is 0 Å². The van der Waals surface area contributed by atoms with Crippen molar-refractivity contribution in [1.29, 1.82) is 0 Å². The zero-order valence-corrected chi connectivity index (χ0v) is 9.95. The normalized spacial score (nSPS) is 20.7. The number of aliphatic hydroxyl groups is 1. The Morgan fingerprint density at radius 1 is 0.895 bits per heavy atom. The molecule has 3 N–H and O–H groups in total. The molecule has 2 aromatic carbocycles. The van der Waals surface area contributed by atoms with Gasteiger partial charge in [-0.05, 0) is 48.6 Å². The Bertz CT molecular complexity index is 646. The molecule has 0 radical (unpaired) electrons. The van der Waals surface area contributed by atoms with E-state index in [0.29, 0.717) is 11.3 Å². The second-order valence-electron chi connectivity index (χ2n) is 4.40. The highest BCUT2D eigenvalue weighted by Crippen LogP contribution is 2.37. The predicted octanol–water partition coefficient (Wildman–Crippen LogP) is 2.35. The molecule has 0 spiro atoms. The summed E-state index contributed by atoms with van der Waals surface area (Å²) in [7, 11) is 0. The van der Waals surface area contributed by atoms with Gasteiger partial charge < -0.3 is 20.1 Å². The van der Waals surface area contributed by atoms with Crippen LogP contribution in [0.3, 0.4) is 0 Å². The predicted molar refractivity (Wildman–Crippen MR) is 69.8 cm³/mol. The number of fused-ring (bicyclic) bond motifs is 1. The summed E-state index contributed by atoms with van der Waals surface area (Å²) in [5, 5.41) is 29.2. The summed E-state index contributed by atoms with van der Waals surface area (Å²) in [6.07, 6.45) is 3.25. The lowest BCUT2D eigenvalue weighted by atomic mass is 10.0. The average Bonchev–Trinajstić information content (AvgIpc) is 2.38. The third-order valence-electron chi connectivity index (χ3n) is 3.03. The molecule has 96 valence electrons. The molecule has 4 heteroatoms. The molecule has 0 saturated carbocycles. The molecule has 1 unspecified atom stereocenters. The van der Waals surface area contributed by atoms with E-state index in [4.69, 9.17) is 4.74 Å². The van der Waals surface area contributed by atoms with Crippen LogP contribution in [0.1, 0.15) is 11.1 Å². The monoisotopic (exact) mass is 256 g/mol. The lowest BCUT2D eigenvalue weighted by molar-refractivity contribution is -0.103. The molecule has 3 rings (SSSR count). The second-order valence-corrected chi connectivity index (χ2v) is 4.40. The van der Waals surface area contributed by atoms with Crippen LogP contribution >= 0.6 is 0 Å². The molecule has 0 bridgehead atoms. The van der Waals surface area contributed by atoms with Crippen LogP contribution in [0.2, 0.25) is 0 Å². The van der Waals surface area contributed by atoms with E-state index in [1.54, 1.807) is 30.3 Å². The van der Waals surface area contributed by atoms with Gasteiger partial charge in [-0.25, -0.2) is 0 Å². The molecular weight excluding hydrogens is 244 g/mol. The van der Waals surface area contributed by atoms with Crippen molar-refractivity contribution >= 4 is 6.08 Å². The average molecular weight is 256 g/mol. The fourth-order valence-electron chi connectivity index (χ4n) is 2.01. The van der Waals surface area contributed by atoms with E-state index in [0.717, 1.165) is 5.56 Å². The minimum Gasteiger partial charge on any atom is -0.508 e. The van der Waals surface area contributed by atoms with Gasteiger partial charge >= 0.3 is 0 Å². The largest absolute Gasteiger partial charge is 0.508 e. The molecule has 2 aromatic rings. The Labute approximate surface area is 109 Å². The van der Waals surface area contributed by atoms with Gasteiger partial charge in [0, 0.05) is 17.2 Å². The SMILES string of the molecule is Oc1ccc(C2(O)C=Cc3ccc(O)cc3O2)cc1. The maximum Gasteiger partial charge on any atom is 0.255 e. The van der Waals surface area contributed by atoms with E-state index in [-0.39, 0.29) is 11.5 Å². The summed E-state index contributed by atoms with van der Waals surface area (Å²) in [5.41, 5.74) is 1.27. The topological polar surface area (TPSA) is 69.9 Å². The molecule has 1 aliphatic heterocycles. The minimum atomic E-state index is -1.60. The van der Waals surface area contributed by atoms with Crippen LogP contribution in [0.4, 0.5) is 0 Å². The van der Waals surface area contributed by atoms with Crippen LogP contribution in [0.5, 0.6) is 17.2 Å². The van der Waals surface area contributed by atoms with Gasteiger partial charge in [-0.1, -0.05) is 0 Å². The van der Waals surface area contributed by atoms with Gasteiger partial charge in [0.1, 0.15) is 17.2 Å². The standard InChI is InChI=1S/C15H12O4/c16-12-5-2-11(3-6-12)15(18)8-7-10-1-4-13(17)9-14(10)19-15/h1-9,16-18H. The number of ether oxygens (including phenoxy) is 1. The third kappa shape index (κ3) is 2.02. The Hall–Kier alpha value is -2.46. The van der Waals surface area contributed by atoms with Crippen molar-refractivity contribution < 1.29 is 20.1 Å². The van der Waals surface area contributed by atoms with E-state index in [9.17, 15) is 15.3 Å². The molecule has 0 aliphatic carbocycles. The number of aromatic hydroxyl groups is 2. The van der Waals surface area contributed by atoms with Gasteiger partial charge in [-0.15, -0.1) is 0 Å². The smallest absolute Gasteiger partial charge is 0.255 e. The lowest BCUT2D eigenvalue weighted by Gasteiger charge is -2.30. The zero-order chi connectivity index (χ0) is 13.5. The Kier molecular flexibility index (Phi) is 2.47. The summed E-state index contributed by atoms with van der Waals surface area (Å²) in [6.45, 7) is 0. The fraction of sp³-hybridized carbons (Fsp3) is 0.0667. The Balaban J connectivity index is 2.02. The van der Waals surface area contributed by atoms with Gasteiger partial charge in [0.05, 0.1) is 0 Å². The van der Waals surface area contributed by atoms with Crippen LogP contribution in [0.15, 0.2) is 48.5 Å². The van der Waals surface area contributed by atoms with Crippen molar-refractivity contribution in [3.05, 3.63) is 59.7 Å². The Morgan fingerprint density at radius 2 is 1.58 bits per heavy atom. The highest BCUT2D eigenvalue weighted by molar-refractivity contribution is 5.62. The van der Waals surface area contributed by atoms with Crippen molar-refractivity contribution in [1.82, 2.24) is 0 Å². The summed E-state index contributed by atoms with van der Waals surface area (Å²) in [4.78, 5) is 0. The first kappa shape index (κ1) is 11.6. The lowest BCUT2D eigenvalue weighted by Crippen LogP contribution is -2.32. The summed E-state index contributed by atoms with van der Waals surface area (Å²) >= 11 is 0. The van der Waals surface area contributed by atoms with Crippen molar-refractivity contribution in [3.8, 4) is 17.2 Å². The first-order chi connectivity index (χ1) is 9.07. The van der Waals surface area contributed by atoms with Gasteiger partial charge in [0.2, 0.25) is 0 Å². The minimum absolute atomic E-state index is 0.0714. The molecule has 1 aliphatic rings. The number of hydrogen-bond donors (Lipinski definition) is 3. The molecule has 0 saturated heterocycles. The first-order valence-electron chi connectivity index (χ1n) is 5.80. The molecule has 0 fully saturated rings. The van der Waals surface area contributed by atoms with E-state index in [2.05, 4.69) is 0 Å². The van der Waals surface area contributed by atoms with Crippen LogP contribution < -0.4 is 4.74 Å². The van der Waals surface area contributed by atoms with Gasteiger partial charge in [0.25, 0.3) is 5.79 Å². The molecule has 19 heavy (non-hydrogen) atoms. The van der Waals surface area contributed by atoms with Crippen LogP contribution in [0, 0.1) is 0 Å². The molecule has 1 atom stereocenters. The van der Waals surface area contributed by atoms with Gasteiger partial charge in [0.15, 0.2) is 0 Å². The van der Waals surface area contributed by atoms with Gasteiger partial charge in [-0.3, -0.25) is 0 Å². The van der Waals surface area contributed by atoms with E-state index in [1.165, 1.54) is 24.3 Å².